The molecule has 0 spiro atoms. The molecule has 5 saturated carbocycles. The van der Waals surface area contributed by atoms with Crippen molar-refractivity contribution >= 4 is 40.5 Å². The molecule has 3 N–H and O–H groups in total. The number of hydrogen-bond donors (Lipinski definition) is 2. The largest absolute Gasteiger partial charge is 0.394 e. The first kappa shape index (κ1) is 19.4. The highest BCUT2D eigenvalue weighted by atomic mass is 35.5. The maximum Gasteiger partial charge on any atom is 0.267 e. The second kappa shape index (κ2) is 7.31. The molecule has 0 aromatic heterocycles. The van der Waals surface area contributed by atoms with E-state index in [1.54, 1.807) is 12.1 Å². The molecule has 0 saturated heterocycles. The van der Waals surface area contributed by atoms with E-state index in [1.165, 1.54) is 12.8 Å². The van der Waals surface area contributed by atoms with Gasteiger partial charge in [0.1, 0.15) is 5.70 Å². The topological polar surface area (TPSA) is 67.5 Å². The van der Waals surface area contributed by atoms with Gasteiger partial charge in [-0.25, -0.2) is 0 Å². The van der Waals surface area contributed by atoms with Gasteiger partial charge in [-0.15, -0.1) is 0 Å². The summed E-state index contributed by atoms with van der Waals surface area (Å²) in [6.45, 7) is 0. The Morgan fingerprint density at radius 1 is 1.10 bits per heavy atom. The summed E-state index contributed by atoms with van der Waals surface area (Å²) in [6.07, 6.45) is 9.74. The quantitative estimate of drug-likeness (QED) is 0.615. The number of rotatable bonds is 3. The van der Waals surface area contributed by atoms with Crippen LogP contribution < -0.4 is 11.1 Å². The van der Waals surface area contributed by atoms with Crippen LogP contribution in [0.3, 0.4) is 0 Å². The zero-order valence-electron chi connectivity index (χ0n) is 16.5. The molecule has 4 nitrogen and oxygen atoms in total. The van der Waals surface area contributed by atoms with Crippen LogP contribution in [0.2, 0.25) is 10.0 Å². The summed E-state index contributed by atoms with van der Waals surface area (Å²) >= 11 is 12.3. The highest BCUT2D eigenvalue weighted by Crippen LogP contribution is 2.59. The van der Waals surface area contributed by atoms with Crippen molar-refractivity contribution in [3.63, 3.8) is 0 Å². The molecule has 1 aromatic carbocycles. The predicted molar refractivity (Wildman–Crippen MR) is 118 cm³/mol. The van der Waals surface area contributed by atoms with E-state index in [9.17, 15) is 4.79 Å². The van der Waals surface area contributed by atoms with Crippen molar-refractivity contribution in [3.8, 4) is 0 Å². The Morgan fingerprint density at radius 2 is 1.83 bits per heavy atom. The van der Waals surface area contributed by atoms with Crippen LogP contribution in [-0.4, -0.2) is 17.2 Å². The molecule has 5 aliphatic rings. The Bertz CT molecular complexity index is 903. The van der Waals surface area contributed by atoms with Crippen molar-refractivity contribution in [1.82, 2.24) is 5.32 Å². The Hall–Kier alpha value is -1.52. The fourth-order valence-electron chi connectivity index (χ4n) is 6.43. The minimum Gasteiger partial charge on any atom is -0.394 e. The van der Waals surface area contributed by atoms with E-state index in [-0.39, 0.29) is 11.4 Å². The molecule has 1 aromatic rings. The van der Waals surface area contributed by atoms with E-state index in [2.05, 4.69) is 5.32 Å². The molecule has 1 amide bonds. The van der Waals surface area contributed by atoms with Crippen LogP contribution in [0, 0.1) is 17.8 Å². The second-order valence-electron chi connectivity index (χ2n) is 9.46. The number of allylic oxidation sites excluding steroid dienone is 1. The highest BCUT2D eigenvalue weighted by molar-refractivity contribution is 6.36. The van der Waals surface area contributed by atoms with Crippen molar-refractivity contribution in [2.75, 3.05) is 0 Å². The van der Waals surface area contributed by atoms with Gasteiger partial charge in [-0.05, 0) is 93.7 Å². The van der Waals surface area contributed by atoms with Gasteiger partial charge in [0.05, 0.1) is 10.7 Å². The molecule has 2 atom stereocenters. The van der Waals surface area contributed by atoms with E-state index in [1.807, 2.05) is 6.07 Å². The number of nitrogens with one attached hydrogen (secondary N) is 1. The van der Waals surface area contributed by atoms with Gasteiger partial charge in [-0.1, -0.05) is 23.2 Å². The number of nitrogens with zero attached hydrogens (tertiary/aromatic N) is 1. The first-order chi connectivity index (χ1) is 13.9. The number of nitrogens with two attached hydrogens (primary N) is 1. The monoisotopic (exact) mass is 431 g/mol. The molecule has 0 heterocycles. The lowest BCUT2D eigenvalue weighted by atomic mass is 9.75. The van der Waals surface area contributed by atoms with Gasteiger partial charge in [-0.2, -0.15) is 0 Å². The van der Waals surface area contributed by atoms with Crippen LogP contribution in [-0.2, 0) is 4.79 Å². The lowest BCUT2D eigenvalue weighted by Gasteiger charge is -2.39. The average Bonchev–Trinajstić information content (AvgIpc) is 3.10. The van der Waals surface area contributed by atoms with E-state index in [0.717, 1.165) is 74.0 Å². The van der Waals surface area contributed by atoms with Crippen molar-refractivity contribution in [3.05, 3.63) is 39.5 Å². The highest BCUT2D eigenvalue weighted by Gasteiger charge is 2.56. The lowest BCUT2D eigenvalue weighted by Crippen LogP contribution is -2.51. The third-order valence-electron chi connectivity index (χ3n) is 7.48. The van der Waals surface area contributed by atoms with Gasteiger partial charge in [0.15, 0.2) is 0 Å². The summed E-state index contributed by atoms with van der Waals surface area (Å²) in [5.41, 5.74) is 9.16. The third kappa shape index (κ3) is 3.59. The molecule has 0 radical (unpaired) electrons. The number of aliphatic imine (C=N–C) groups is 1. The smallest absolute Gasteiger partial charge is 0.267 e. The summed E-state index contributed by atoms with van der Waals surface area (Å²) in [4.78, 5) is 17.9. The lowest BCUT2D eigenvalue weighted by molar-refractivity contribution is -0.120. The van der Waals surface area contributed by atoms with Crippen LogP contribution >= 0.6 is 23.2 Å². The number of hydrogen-bond acceptors (Lipinski definition) is 3. The minimum absolute atomic E-state index is 0.0236. The van der Waals surface area contributed by atoms with E-state index in [4.69, 9.17) is 33.9 Å². The van der Waals surface area contributed by atoms with Crippen LogP contribution in [0.4, 0.5) is 5.69 Å². The summed E-state index contributed by atoms with van der Waals surface area (Å²) in [5.74, 6) is 2.29. The molecule has 6 rings (SSSR count). The van der Waals surface area contributed by atoms with Crippen LogP contribution in [0.25, 0.3) is 0 Å². The number of carbonyl (C=O) groups excluding carboxylic acids is 1. The molecule has 4 bridgehead atoms. The van der Waals surface area contributed by atoms with Gasteiger partial charge < -0.3 is 11.1 Å². The maximum atomic E-state index is 13.1. The summed E-state index contributed by atoms with van der Waals surface area (Å²) in [6, 6.07) is 5.28. The van der Waals surface area contributed by atoms with Crippen LogP contribution in [0.5, 0.6) is 0 Å². The first-order valence-electron chi connectivity index (χ1n) is 10.8. The summed E-state index contributed by atoms with van der Waals surface area (Å²) in [5, 5.41) is 4.45. The van der Waals surface area contributed by atoms with Gasteiger partial charge in [0, 0.05) is 21.8 Å². The molecule has 154 valence electrons. The standard InChI is InChI=1S/C23H27Cl2N3O/c24-16-5-6-20(18(25)9-16)27-19-4-2-1-3-17(19)21(26)22(29)28-23-10-13-7-14(11-23)15(8-13)12-23/h5-6,9,13-15H,1-4,7-8,10-12,26H2,(H,28,29). The molecule has 2 unspecified atom stereocenters. The molecule has 6 heteroatoms. The van der Waals surface area contributed by atoms with Crippen molar-refractivity contribution in [1.29, 1.82) is 0 Å². The predicted octanol–water partition coefficient (Wildman–Crippen LogP) is 5.55. The van der Waals surface area contributed by atoms with Gasteiger partial charge >= 0.3 is 0 Å². The Labute approximate surface area is 181 Å². The van der Waals surface area contributed by atoms with Gasteiger partial charge in [-0.3, -0.25) is 9.79 Å². The average molecular weight is 432 g/mol. The zero-order valence-corrected chi connectivity index (χ0v) is 18.0. The second-order valence-corrected chi connectivity index (χ2v) is 10.3. The molecule has 5 fully saturated rings. The number of amides is 1. The van der Waals surface area contributed by atoms with E-state index >= 15 is 0 Å². The maximum absolute atomic E-state index is 13.1. The minimum atomic E-state index is -0.112. The first-order valence-corrected chi connectivity index (χ1v) is 11.5. The Kier molecular flexibility index (Phi) is 4.90. The normalized spacial score (nSPS) is 35.9. The fourth-order valence-corrected chi connectivity index (χ4v) is 6.88. The van der Waals surface area contributed by atoms with Gasteiger partial charge in [0.25, 0.3) is 5.91 Å². The Balaban J connectivity index is 1.40. The number of carbonyl (C=O) groups is 1. The van der Waals surface area contributed by atoms with Crippen molar-refractivity contribution in [2.24, 2.45) is 28.5 Å². The van der Waals surface area contributed by atoms with Gasteiger partial charge in [0.2, 0.25) is 0 Å². The summed E-state index contributed by atoms with van der Waals surface area (Å²) < 4.78 is 0. The van der Waals surface area contributed by atoms with Crippen LogP contribution in [0.1, 0.15) is 57.8 Å². The number of halogens is 2. The molecular weight excluding hydrogens is 405 g/mol. The number of benzene rings is 1. The molecule has 0 aliphatic heterocycles. The SMILES string of the molecule is NC(C(=O)NC12CC3CC(C1)C(C3)C2)=C1CCCCC1=Nc1ccc(Cl)cc1Cl. The van der Waals surface area contributed by atoms with E-state index < -0.39 is 0 Å². The van der Waals surface area contributed by atoms with Crippen LogP contribution in [0.15, 0.2) is 34.5 Å². The molecule has 5 aliphatic carbocycles. The van der Waals surface area contributed by atoms with E-state index in [0.29, 0.717) is 21.4 Å². The van der Waals surface area contributed by atoms with Crippen molar-refractivity contribution < 1.29 is 4.79 Å². The molecule has 29 heavy (non-hydrogen) atoms. The molecular formula is C23H27Cl2N3O. The van der Waals surface area contributed by atoms with Crippen molar-refractivity contribution in [2.45, 2.75) is 63.3 Å². The third-order valence-corrected chi connectivity index (χ3v) is 8.01. The summed E-state index contributed by atoms with van der Waals surface area (Å²) in [7, 11) is 0. The fraction of sp³-hybridized carbons (Fsp3) is 0.565. The Morgan fingerprint density at radius 3 is 2.52 bits per heavy atom. The zero-order chi connectivity index (χ0) is 20.2.